The minimum Gasteiger partial charge on any atom is -0.393 e. The van der Waals surface area contributed by atoms with Gasteiger partial charge in [0.05, 0.1) is 6.10 Å². The highest BCUT2D eigenvalue weighted by Gasteiger charge is 2.40. The molecule has 1 saturated heterocycles. The second kappa shape index (κ2) is 3.93. The molecule has 1 aliphatic carbocycles. The van der Waals surface area contributed by atoms with E-state index in [-0.39, 0.29) is 24.0 Å². The van der Waals surface area contributed by atoms with Gasteiger partial charge in [0.25, 0.3) is 0 Å². The number of likely N-dealkylation sites (tertiary alicyclic amines) is 1. The predicted octanol–water partition coefficient (Wildman–Crippen LogP) is 0.685. The Morgan fingerprint density at radius 3 is 2.40 bits per heavy atom. The zero-order valence-corrected chi connectivity index (χ0v) is 8.98. The van der Waals surface area contributed by atoms with Crippen molar-refractivity contribution in [3.8, 4) is 0 Å². The van der Waals surface area contributed by atoms with Gasteiger partial charge in [0, 0.05) is 18.9 Å². The first kappa shape index (κ1) is 10.6. The van der Waals surface area contributed by atoms with Crippen molar-refractivity contribution in [2.24, 2.45) is 5.92 Å². The molecule has 2 amide bonds. The number of hydrogen-bond acceptors (Lipinski definition) is 3. The first-order valence-electron chi connectivity index (χ1n) is 5.62. The van der Waals surface area contributed by atoms with Crippen molar-refractivity contribution in [3.63, 3.8) is 0 Å². The molecule has 1 saturated carbocycles. The molecular weight excluding hydrogens is 194 g/mol. The topological polar surface area (TPSA) is 57.6 Å². The Labute approximate surface area is 89.3 Å². The van der Waals surface area contributed by atoms with Crippen LogP contribution >= 0.6 is 0 Å². The van der Waals surface area contributed by atoms with Crippen LogP contribution in [0.1, 0.15) is 39.0 Å². The SMILES string of the molecule is CC1CCC(O)CC1N1C(=O)CCC1=O. The minimum absolute atomic E-state index is 0.0639. The van der Waals surface area contributed by atoms with Gasteiger partial charge in [0.2, 0.25) is 11.8 Å². The maximum absolute atomic E-state index is 11.6. The van der Waals surface area contributed by atoms with Gasteiger partial charge in [-0.05, 0) is 25.2 Å². The monoisotopic (exact) mass is 211 g/mol. The summed E-state index contributed by atoms with van der Waals surface area (Å²) in [6, 6.07) is -0.0729. The summed E-state index contributed by atoms with van der Waals surface area (Å²) < 4.78 is 0. The number of carbonyl (C=O) groups excluding carboxylic acids is 2. The van der Waals surface area contributed by atoms with Crippen LogP contribution in [-0.4, -0.2) is 34.0 Å². The number of aliphatic hydroxyl groups is 1. The third-order valence-electron chi connectivity index (χ3n) is 3.55. The summed E-state index contributed by atoms with van der Waals surface area (Å²) in [5.74, 6) is 0.191. The van der Waals surface area contributed by atoms with Crippen molar-refractivity contribution < 1.29 is 14.7 Å². The average molecular weight is 211 g/mol. The number of hydrogen-bond donors (Lipinski definition) is 1. The maximum Gasteiger partial charge on any atom is 0.229 e. The number of carbonyl (C=O) groups is 2. The van der Waals surface area contributed by atoms with Gasteiger partial charge in [0.15, 0.2) is 0 Å². The summed E-state index contributed by atoms with van der Waals surface area (Å²) in [5.41, 5.74) is 0. The first-order chi connectivity index (χ1) is 7.09. The molecule has 1 N–H and O–H groups in total. The van der Waals surface area contributed by atoms with E-state index in [1.54, 1.807) is 0 Å². The number of rotatable bonds is 1. The van der Waals surface area contributed by atoms with Crippen molar-refractivity contribution in [2.75, 3.05) is 0 Å². The van der Waals surface area contributed by atoms with E-state index in [4.69, 9.17) is 0 Å². The van der Waals surface area contributed by atoms with Gasteiger partial charge in [-0.15, -0.1) is 0 Å². The van der Waals surface area contributed by atoms with Gasteiger partial charge >= 0.3 is 0 Å². The van der Waals surface area contributed by atoms with E-state index in [0.29, 0.717) is 25.2 Å². The van der Waals surface area contributed by atoms with Crippen LogP contribution in [0.5, 0.6) is 0 Å². The summed E-state index contributed by atoms with van der Waals surface area (Å²) in [6.45, 7) is 2.05. The Bertz CT molecular complexity index is 274. The number of aliphatic hydroxyl groups excluding tert-OH is 1. The molecule has 4 nitrogen and oxygen atoms in total. The molecular formula is C11H17NO3. The van der Waals surface area contributed by atoms with Crippen LogP contribution in [0.3, 0.4) is 0 Å². The molecule has 2 fully saturated rings. The Hall–Kier alpha value is -0.900. The lowest BCUT2D eigenvalue weighted by molar-refractivity contribution is -0.144. The number of nitrogens with zero attached hydrogens (tertiary/aromatic N) is 1. The molecule has 0 spiro atoms. The second-order valence-corrected chi connectivity index (χ2v) is 4.67. The Kier molecular flexibility index (Phi) is 2.78. The molecule has 2 aliphatic rings. The Balaban J connectivity index is 2.13. The summed E-state index contributed by atoms with van der Waals surface area (Å²) in [5, 5.41) is 9.58. The number of imide groups is 1. The molecule has 15 heavy (non-hydrogen) atoms. The second-order valence-electron chi connectivity index (χ2n) is 4.67. The van der Waals surface area contributed by atoms with Gasteiger partial charge in [-0.1, -0.05) is 6.92 Å². The van der Waals surface area contributed by atoms with Gasteiger partial charge in [-0.2, -0.15) is 0 Å². The molecule has 0 aromatic heterocycles. The molecule has 1 heterocycles. The van der Waals surface area contributed by atoms with E-state index in [2.05, 4.69) is 6.92 Å². The summed E-state index contributed by atoms with van der Waals surface area (Å²) >= 11 is 0. The summed E-state index contributed by atoms with van der Waals surface area (Å²) in [6.07, 6.45) is 2.57. The van der Waals surface area contributed by atoms with E-state index < -0.39 is 0 Å². The Morgan fingerprint density at radius 1 is 1.20 bits per heavy atom. The zero-order valence-electron chi connectivity index (χ0n) is 8.98. The fourth-order valence-electron chi connectivity index (χ4n) is 2.60. The summed E-state index contributed by atoms with van der Waals surface area (Å²) in [4.78, 5) is 24.5. The van der Waals surface area contributed by atoms with E-state index in [1.807, 2.05) is 0 Å². The van der Waals surface area contributed by atoms with Crippen molar-refractivity contribution in [3.05, 3.63) is 0 Å². The average Bonchev–Trinajstić information content (AvgIpc) is 2.51. The van der Waals surface area contributed by atoms with Crippen molar-refractivity contribution in [2.45, 2.75) is 51.2 Å². The highest BCUT2D eigenvalue weighted by atomic mass is 16.3. The quantitative estimate of drug-likeness (QED) is 0.649. The van der Waals surface area contributed by atoms with Crippen LogP contribution in [0.4, 0.5) is 0 Å². The lowest BCUT2D eigenvalue weighted by Crippen LogP contribution is -2.47. The third kappa shape index (κ3) is 1.91. The molecule has 0 aromatic rings. The molecule has 3 atom stereocenters. The fraction of sp³-hybridized carbons (Fsp3) is 0.818. The van der Waals surface area contributed by atoms with Crippen LogP contribution in [-0.2, 0) is 9.59 Å². The Morgan fingerprint density at radius 2 is 1.80 bits per heavy atom. The van der Waals surface area contributed by atoms with E-state index in [1.165, 1.54) is 4.90 Å². The number of amides is 2. The molecule has 2 rings (SSSR count). The third-order valence-corrected chi connectivity index (χ3v) is 3.55. The standard InChI is InChI=1S/C11H17NO3/c1-7-2-3-8(13)6-9(7)12-10(14)4-5-11(12)15/h7-9,13H,2-6H2,1H3. The highest BCUT2D eigenvalue weighted by molar-refractivity contribution is 6.02. The zero-order chi connectivity index (χ0) is 11.0. The maximum atomic E-state index is 11.6. The van der Waals surface area contributed by atoms with Crippen LogP contribution in [0.25, 0.3) is 0 Å². The minimum atomic E-state index is -0.354. The lowest BCUT2D eigenvalue weighted by atomic mass is 9.83. The molecule has 1 aliphatic heterocycles. The van der Waals surface area contributed by atoms with Gasteiger partial charge in [-0.3, -0.25) is 14.5 Å². The predicted molar refractivity (Wildman–Crippen MR) is 53.9 cm³/mol. The van der Waals surface area contributed by atoms with Crippen LogP contribution in [0, 0.1) is 5.92 Å². The van der Waals surface area contributed by atoms with E-state index >= 15 is 0 Å². The van der Waals surface area contributed by atoms with E-state index in [9.17, 15) is 14.7 Å². The molecule has 0 radical (unpaired) electrons. The molecule has 3 unspecified atom stereocenters. The normalized spacial score (nSPS) is 37.5. The van der Waals surface area contributed by atoms with Crippen molar-refractivity contribution >= 4 is 11.8 Å². The highest BCUT2D eigenvalue weighted by Crippen LogP contribution is 2.31. The van der Waals surface area contributed by atoms with Crippen molar-refractivity contribution in [1.29, 1.82) is 0 Å². The van der Waals surface area contributed by atoms with Crippen LogP contribution < -0.4 is 0 Å². The van der Waals surface area contributed by atoms with Crippen molar-refractivity contribution in [1.82, 2.24) is 4.90 Å². The molecule has 4 heteroatoms. The molecule has 0 aromatic carbocycles. The largest absolute Gasteiger partial charge is 0.393 e. The summed E-state index contributed by atoms with van der Waals surface area (Å²) in [7, 11) is 0. The molecule has 0 bridgehead atoms. The van der Waals surface area contributed by atoms with Crippen LogP contribution in [0.15, 0.2) is 0 Å². The fourth-order valence-corrected chi connectivity index (χ4v) is 2.60. The lowest BCUT2D eigenvalue weighted by Gasteiger charge is -2.37. The molecule has 84 valence electrons. The first-order valence-corrected chi connectivity index (χ1v) is 5.62. The van der Waals surface area contributed by atoms with Gasteiger partial charge < -0.3 is 5.11 Å². The van der Waals surface area contributed by atoms with Gasteiger partial charge in [0.1, 0.15) is 0 Å². The van der Waals surface area contributed by atoms with Crippen LogP contribution in [0.2, 0.25) is 0 Å². The smallest absolute Gasteiger partial charge is 0.229 e. The van der Waals surface area contributed by atoms with E-state index in [0.717, 1.165) is 12.8 Å². The van der Waals surface area contributed by atoms with Gasteiger partial charge in [-0.25, -0.2) is 0 Å².